The Balaban J connectivity index is 1.21. The van der Waals surface area contributed by atoms with Gasteiger partial charge in [0, 0.05) is 67.0 Å². The number of morpholine rings is 1. The first-order valence-electron chi connectivity index (χ1n) is 12.7. The molecular weight excluding hydrogens is 496 g/mol. The van der Waals surface area contributed by atoms with E-state index in [2.05, 4.69) is 46.5 Å². The summed E-state index contributed by atoms with van der Waals surface area (Å²) in [6, 6.07) is 3.71. The molecule has 0 aromatic carbocycles. The highest BCUT2D eigenvalue weighted by Gasteiger charge is 2.20. The van der Waals surface area contributed by atoms with Crippen molar-refractivity contribution in [2.75, 3.05) is 38.2 Å². The topological polar surface area (TPSA) is 150 Å². The minimum Gasteiger partial charge on any atom is -0.378 e. The van der Waals surface area contributed by atoms with Crippen LogP contribution in [0.15, 0.2) is 60.3 Å². The Labute approximate surface area is 222 Å². The largest absolute Gasteiger partial charge is 0.378 e. The van der Waals surface area contributed by atoms with E-state index in [-0.39, 0.29) is 11.9 Å². The predicted octanol–water partition coefficient (Wildman–Crippen LogP) is 3.55. The molecule has 0 spiro atoms. The van der Waals surface area contributed by atoms with Crippen LogP contribution in [-0.2, 0) is 4.74 Å². The zero-order valence-corrected chi connectivity index (χ0v) is 20.8. The lowest BCUT2D eigenvalue weighted by atomic mass is 9.98. The Kier molecular flexibility index (Phi) is 5.78. The van der Waals surface area contributed by atoms with Gasteiger partial charge < -0.3 is 19.9 Å². The van der Waals surface area contributed by atoms with Gasteiger partial charge in [0.1, 0.15) is 5.69 Å². The van der Waals surface area contributed by atoms with E-state index in [9.17, 15) is 4.79 Å². The number of hydrogen-bond donors (Lipinski definition) is 3. The van der Waals surface area contributed by atoms with E-state index in [0.29, 0.717) is 55.7 Å². The number of urea groups is 1. The van der Waals surface area contributed by atoms with Gasteiger partial charge in [0.2, 0.25) is 0 Å². The summed E-state index contributed by atoms with van der Waals surface area (Å²) < 4.78 is 5.33. The second kappa shape index (κ2) is 9.72. The minimum atomic E-state index is -0.169. The fourth-order valence-electron chi connectivity index (χ4n) is 4.90. The molecule has 3 N–H and O–H groups in total. The number of nitrogens with zero attached hydrogens (tertiary/aromatic N) is 7. The van der Waals surface area contributed by atoms with Crippen molar-refractivity contribution in [1.82, 2.24) is 40.0 Å². The average Bonchev–Trinajstić information content (AvgIpc) is 3.62. The van der Waals surface area contributed by atoms with Crippen LogP contribution in [0.2, 0.25) is 0 Å². The van der Waals surface area contributed by atoms with Gasteiger partial charge in [-0.05, 0) is 18.2 Å². The van der Waals surface area contributed by atoms with Crippen molar-refractivity contribution in [3.8, 4) is 22.6 Å². The molecule has 0 aliphatic carbocycles. The number of fused-ring (bicyclic) bond motifs is 2. The number of imidazole rings is 1. The average molecular weight is 521 g/mol. The first kappa shape index (κ1) is 23.2. The number of rotatable bonds is 4. The summed E-state index contributed by atoms with van der Waals surface area (Å²) >= 11 is 0. The first-order chi connectivity index (χ1) is 19.2. The van der Waals surface area contributed by atoms with Crippen LogP contribution in [-0.4, -0.2) is 85.1 Å². The van der Waals surface area contributed by atoms with Crippen LogP contribution in [0.3, 0.4) is 0 Å². The smallest absolute Gasteiger partial charge is 0.322 e. The molecule has 39 heavy (non-hydrogen) atoms. The molecule has 2 amide bonds. The number of aliphatic imine (C=N–C) groups is 1. The van der Waals surface area contributed by atoms with Crippen LogP contribution in [0.1, 0.15) is 11.5 Å². The zero-order chi connectivity index (χ0) is 26.2. The highest BCUT2D eigenvalue weighted by molar-refractivity contribution is 5.94. The third-order valence-corrected chi connectivity index (χ3v) is 6.92. The lowest BCUT2D eigenvalue weighted by Gasteiger charge is -2.26. The van der Waals surface area contributed by atoms with E-state index in [0.717, 1.165) is 33.1 Å². The molecule has 2 aliphatic heterocycles. The SMILES string of the molecule is O=C(Nc1cncc(-c2cnc3[nH]nc(-c4nc5c(C6C=CC=NC6)cncc5[nH]4)c3c2)c1)N1CCOCC1. The van der Waals surface area contributed by atoms with Crippen molar-refractivity contribution in [2.45, 2.75) is 5.92 Å². The summed E-state index contributed by atoms with van der Waals surface area (Å²) in [5.74, 6) is 0.743. The van der Waals surface area contributed by atoms with Crippen LogP contribution in [0.25, 0.3) is 44.7 Å². The Morgan fingerprint density at radius 1 is 1.05 bits per heavy atom. The van der Waals surface area contributed by atoms with Gasteiger partial charge in [-0.15, -0.1) is 0 Å². The van der Waals surface area contributed by atoms with Gasteiger partial charge in [0.15, 0.2) is 11.5 Å². The Bertz CT molecular complexity index is 1750. The molecular formula is C27H24N10O2. The van der Waals surface area contributed by atoms with E-state index in [1.807, 2.05) is 30.6 Å². The van der Waals surface area contributed by atoms with E-state index in [1.54, 1.807) is 29.7 Å². The fourth-order valence-corrected chi connectivity index (χ4v) is 4.90. The van der Waals surface area contributed by atoms with Crippen molar-refractivity contribution in [3.05, 3.63) is 60.8 Å². The van der Waals surface area contributed by atoms with Crippen molar-refractivity contribution in [2.24, 2.45) is 4.99 Å². The number of hydrogen-bond acceptors (Lipinski definition) is 8. The van der Waals surface area contributed by atoms with Crippen LogP contribution >= 0.6 is 0 Å². The quantitative estimate of drug-likeness (QED) is 0.328. The standard InChI is InChI=1S/C27H24N10O2/c38-27(37-4-6-39-7-5-37)32-19-8-17(11-29-13-19)18-9-20-24(35-36-25(20)31-12-18)26-33-22-15-30-14-21(23(22)34-26)16-2-1-3-28-10-16/h1-3,8-9,11-16H,4-7,10H2,(H,32,38)(H,33,34)(H,31,35,36). The van der Waals surface area contributed by atoms with E-state index >= 15 is 0 Å². The van der Waals surface area contributed by atoms with Crippen molar-refractivity contribution in [1.29, 1.82) is 0 Å². The molecule has 1 saturated heterocycles. The highest BCUT2D eigenvalue weighted by atomic mass is 16.5. The van der Waals surface area contributed by atoms with Gasteiger partial charge >= 0.3 is 6.03 Å². The van der Waals surface area contributed by atoms with Gasteiger partial charge in [-0.3, -0.25) is 20.1 Å². The van der Waals surface area contributed by atoms with E-state index in [1.165, 1.54) is 0 Å². The Hall–Kier alpha value is -4.97. The molecule has 0 saturated carbocycles. The van der Waals surface area contributed by atoms with Gasteiger partial charge in [0.25, 0.3) is 0 Å². The fraction of sp³-hybridized carbons (Fsp3) is 0.222. The van der Waals surface area contributed by atoms with Crippen LogP contribution in [0.4, 0.5) is 10.5 Å². The molecule has 7 rings (SSSR count). The second-order valence-electron chi connectivity index (χ2n) is 9.40. The number of amides is 2. The van der Waals surface area contributed by atoms with Crippen molar-refractivity contribution >= 4 is 40.0 Å². The molecule has 7 heterocycles. The number of carbonyl (C=O) groups excluding carboxylic acids is 1. The second-order valence-corrected chi connectivity index (χ2v) is 9.40. The first-order valence-corrected chi connectivity index (χ1v) is 12.7. The number of ether oxygens (including phenoxy) is 1. The monoisotopic (exact) mass is 520 g/mol. The van der Waals surface area contributed by atoms with Gasteiger partial charge in [-0.1, -0.05) is 6.08 Å². The molecule has 2 aliphatic rings. The summed E-state index contributed by atoms with van der Waals surface area (Å²) in [4.78, 5) is 40.4. The third-order valence-electron chi connectivity index (χ3n) is 6.92. The number of pyridine rings is 3. The van der Waals surface area contributed by atoms with Crippen LogP contribution < -0.4 is 5.32 Å². The number of aromatic amines is 2. The summed E-state index contributed by atoms with van der Waals surface area (Å²) in [6.07, 6.45) is 14.6. The maximum absolute atomic E-state index is 12.6. The number of H-pyrrole nitrogens is 2. The normalized spacial score (nSPS) is 17.2. The number of aromatic nitrogens is 7. The molecule has 194 valence electrons. The molecule has 5 aromatic rings. The molecule has 12 nitrogen and oxygen atoms in total. The number of anilines is 1. The summed E-state index contributed by atoms with van der Waals surface area (Å²) in [5.41, 5.74) is 6.25. The molecule has 1 fully saturated rings. The number of carbonyl (C=O) groups is 1. The van der Waals surface area contributed by atoms with Gasteiger partial charge in [-0.25, -0.2) is 14.8 Å². The van der Waals surface area contributed by atoms with Crippen molar-refractivity contribution < 1.29 is 9.53 Å². The maximum atomic E-state index is 12.6. The zero-order valence-electron chi connectivity index (χ0n) is 20.8. The molecule has 0 bridgehead atoms. The van der Waals surface area contributed by atoms with E-state index < -0.39 is 0 Å². The number of allylic oxidation sites excluding steroid dienone is 1. The summed E-state index contributed by atoms with van der Waals surface area (Å²) in [6.45, 7) is 2.87. The van der Waals surface area contributed by atoms with Crippen molar-refractivity contribution in [3.63, 3.8) is 0 Å². The minimum absolute atomic E-state index is 0.120. The Morgan fingerprint density at radius 3 is 2.79 bits per heavy atom. The van der Waals surface area contributed by atoms with Gasteiger partial charge in [-0.2, -0.15) is 5.10 Å². The molecule has 0 radical (unpaired) electrons. The van der Waals surface area contributed by atoms with Gasteiger partial charge in [0.05, 0.1) is 47.7 Å². The molecule has 12 heteroatoms. The lowest BCUT2D eigenvalue weighted by Crippen LogP contribution is -2.43. The van der Waals surface area contributed by atoms with Crippen LogP contribution in [0, 0.1) is 0 Å². The summed E-state index contributed by atoms with van der Waals surface area (Å²) in [7, 11) is 0. The molecule has 1 atom stereocenters. The molecule has 5 aromatic heterocycles. The predicted molar refractivity (Wildman–Crippen MR) is 147 cm³/mol. The maximum Gasteiger partial charge on any atom is 0.322 e. The summed E-state index contributed by atoms with van der Waals surface area (Å²) in [5, 5.41) is 11.3. The molecule has 1 unspecified atom stereocenters. The lowest BCUT2D eigenvalue weighted by molar-refractivity contribution is 0.0564. The number of nitrogens with one attached hydrogen (secondary N) is 3. The number of dihydropyridines is 1. The van der Waals surface area contributed by atoms with Crippen LogP contribution in [0.5, 0.6) is 0 Å². The Morgan fingerprint density at radius 2 is 1.92 bits per heavy atom. The highest BCUT2D eigenvalue weighted by Crippen LogP contribution is 2.32. The van der Waals surface area contributed by atoms with E-state index in [4.69, 9.17) is 9.72 Å². The third kappa shape index (κ3) is 4.40.